The number of benzene rings is 3. The summed E-state index contributed by atoms with van der Waals surface area (Å²) in [5.41, 5.74) is 3.26. The number of sulfonamides is 1. The van der Waals surface area contributed by atoms with Crippen molar-refractivity contribution in [2.45, 2.75) is 4.90 Å². The number of rotatable bonds is 5. The number of fused-ring (bicyclic) bond motifs is 1. The van der Waals surface area contributed by atoms with Crippen molar-refractivity contribution < 1.29 is 13.2 Å². The molecule has 0 saturated carbocycles. The van der Waals surface area contributed by atoms with Gasteiger partial charge >= 0.3 is 0 Å². The van der Waals surface area contributed by atoms with Gasteiger partial charge in [-0.25, -0.2) is 17.7 Å². The molecule has 4 aromatic rings. The molecule has 0 unspecified atom stereocenters. The third-order valence-corrected chi connectivity index (χ3v) is 7.36. The molecule has 3 aromatic carbocycles. The van der Waals surface area contributed by atoms with Gasteiger partial charge in [-0.1, -0.05) is 53.8 Å². The van der Waals surface area contributed by atoms with Gasteiger partial charge < -0.3 is 0 Å². The Kier molecular flexibility index (Phi) is 5.38. The zero-order valence-corrected chi connectivity index (χ0v) is 18.0. The van der Waals surface area contributed by atoms with E-state index >= 15 is 0 Å². The van der Waals surface area contributed by atoms with Crippen LogP contribution in [0.3, 0.4) is 0 Å². The minimum atomic E-state index is -3.53. The van der Waals surface area contributed by atoms with Gasteiger partial charge in [0.05, 0.1) is 15.1 Å². The second kappa shape index (κ2) is 7.98. The Hall–Kier alpha value is -3.07. The molecule has 0 atom stereocenters. The Balaban J connectivity index is 1.54. The third kappa shape index (κ3) is 3.97. The van der Waals surface area contributed by atoms with Gasteiger partial charge in [-0.15, -0.1) is 0 Å². The zero-order chi connectivity index (χ0) is 21.3. The highest BCUT2D eigenvalue weighted by molar-refractivity contribution is 7.89. The van der Waals surface area contributed by atoms with E-state index in [9.17, 15) is 13.2 Å². The summed E-state index contributed by atoms with van der Waals surface area (Å²) in [6.45, 7) is 0. The van der Waals surface area contributed by atoms with E-state index in [1.54, 1.807) is 24.3 Å². The van der Waals surface area contributed by atoms with Crippen LogP contribution in [-0.2, 0) is 10.0 Å². The number of hydrogen-bond acceptors (Lipinski definition) is 5. The number of carbonyl (C=O) groups excluding carboxylic acids is 1. The van der Waals surface area contributed by atoms with Crippen LogP contribution < -0.4 is 5.32 Å². The molecule has 1 aromatic heterocycles. The van der Waals surface area contributed by atoms with Gasteiger partial charge in [-0.3, -0.25) is 10.1 Å². The summed E-state index contributed by atoms with van der Waals surface area (Å²) in [6.07, 6.45) is 0. The second-order valence-electron chi connectivity index (χ2n) is 6.83. The second-order valence-corrected chi connectivity index (χ2v) is 10.0. The molecular weight excluding hydrogens is 418 g/mol. The summed E-state index contributed by atoms with van der Waals surface area (Å²) < 4.78 is 26.5. The highest BCUT2D eigenvalue weighted by Crippen LogP contribution is 2.29. The fraction of sp³-hybridized carbons (Fsp3) is 0.0909. The van der Waals surface area contributed by atoms with Crippen LogP contribution in [0.2, 0.25) is 0 Å². The predicted molar refractivity (Wildman–Crippen MR) is 120 cm³/mol. The number of thiazole rings is 1. The molecule has 0 fully saturated rings. The van der Waals surface area contributed by atoms with Crippen LogP contribution in [0.1, 0.15) is 10.4 Å². The van der Waals surface area contributed by atoms with Gasteiger partial charge in [0.15, 0.2) is 5.13 Å². The highest BCUT2D eigenvalue weighted by atomic mass is 32.2. The molecule has 1 amide bonds. The van der Waals surface area contributed by atoms with Gasteiger partial charge in [-0.2, -0.15) is 0 Å². The van der Waals surface area contributed by atoms with Crippen molar-refractivity contribution in [1.82, 2.24) is 9.29 Å². The van der Waals surface area contributed by atoms with Crippen LogP contribution in [0.5, 0.6) is 0 Å². The fourth-order valence-electron chi connectivity index (χ4n) is 2.94. The molecular formula is C22H19N3O3S2. The summed E-state index contributed by atoms with van der Waals surface area (Å²) in [4.78, 5) is 17.2. The van der Waals surface area contributed by atoms with Crippen molar-refractivity contribution in [2.24, 2.45) is 0 Å². The van der Waals surface area contributed by atoms with Gasteiger partial charge in [0, 0.05) is 19.7 Å². The van der Waals surface area contributed by atoms with Crippen LogP contribution in [0.25, 0.3) is 21.3 Å². The maximum absolute atomic E-state index is 12.6. The number of carbonyl (C=O) groups is 1. The zero-order valence-electron chi connectivity index (χ0n) is 16.4. The maximum atomic E-state index is 12.6. The Morgan fingerprint density at radius 3 is 2.27 bits per heavy atom. The van der Waals surface area contributed by atoms with Crippen LogP contribution in [0.15, 0.2) is 77.7 Å². The Morgan fingerprint density at radius 2 is 1.60 bits per heavy atom. The first-order valence-corrected chi connectivity index (χ1v) is 11.4. The lowest BCUT2D eigenvalue weighted by atomic mass is 10.0. The average Bonchev–Trinajstić information content (AvgIpc) is 3.15. The summed E-state index contributed by atoms with van der Waals surface area (Å²) in [7, 11) is -0.553. The number of amides is 1. The monoisotopic (exact) mass is 437 g/mol. The molecule has 4 rings (SSSR count). The SMILES string of the molecule is CN(C)S(=O)(=O)c1ccc2nc(NC(=O)c3ccc(-c4ccccc4)cc3)sc2c1. The van der Waals surface area contributed by atoms with Crippen molar-refractivity contribution in [3.05, 3.63) is 78.4 Å². The molecule has 1 heterocycles. The van der Waals surface area contributed by atoms with E-state index < -0.39 is 10.0 Å². The number of anilines is 1. The molecule has 0 aliphatic carbocycles. The Morgan fingerprint density at radius 1 is 0.933 bits per heavy atom. The molecule has 6 nitrogen and oxygen atoms in total. The summed E-state index contributed by atoms with van der Waals surface area (Å²) >= 11 is 1.24. The quantitative estimate of drug-likeness (QED) is 0.500. The van der Waals surface area contributed by atoms with E-state index in [0.717, 1.165) is 15.4 Å². The molecule has 1 N–H and O–H groups in total. The van der Waals surface area contributed by atoms with E-state index in [4.69, 9.17) is 0 Å². The van der Waals surface area contributed by atoms with Gasteiger partial charge in [0.25, 0.3) is 5.91 Å². The molecule has 0 aliphatic heterocycles. The summed E-state index contributed by atoms with van der Waals surface area (Å²) in [6, 6.07) is 22.0. The lowest BCUT2D eigenvalue weighted by Crippen LogP contribution is -2.22. The molecule has 0 aliphatic rings. The minimum Gasteiger partial charge on any atom is -0.298 e. The molecule has 152 valence electrons. The predicted octanol–water partition coefficient (Wildman–Crippen LogP) is 4.47. The first kappa shape index (κ1) is 20.2. The Bertz CT molecular complexity index is 1310. The van der Waals surface area contributed by atoms with E-state index in [1.807, 2.05) is 42.5 Å². The number of aromatic nitrogens is 1. The fourth-order valence-corrected chi connectivity index (χ4v) is 4.85. The van der Waals surface area contributed by atoms with Crippen molar-refractivity contribution >= 4 is 42.6 Å². The van der Waals surface area contributed by atoms with Crippen LogP contribution in [0, 0.1) is 0 Å². The minimum absolute atomic E-state index is 0.193. The van der Waals surface area contributed by atoms with Gasteiger partial charge in [-0.05, 0) is 41.5 Å². The van der Waals surface area contributed by atoms with E-state index in [2.05, 4.69) is 10.3 Å². The highest BCUT2D eigenvalue weighted by Gasteiger charge is 2.19. The molecule has 0 spiro atoms. The number of nitrogens with zero attached hydrogens (tertiary/aromatic N) is 2. The topological polar surface area (TPSA) is 79.4 Å². The summed E-state index contributed by atoms with van der Waals surface area (Å²) in [5, 5.41) is 3.21. The smallest absolute Gasteiger partial charge is 0.257 e. The third-order valence-electron chi connectivity index (χ3n) is 4.61. The maximum Gasteiger partial charge on any atom is 0.257 e. The van der Waals surface area contributed by atoms with Crippen molar-refractivity contribution in [3.63, 3.8) is 0 Å². The van der Waals surface area contributed by atoms with E-state index in [0.29, 0.717) is 20.9 Å². The lowest BCUT2D eigenvalue weighted by Gasteiger charge is -2.10. The lowest BCUT2D eigenvalue weighted by molar-refractivity contribution is 0.102. The average molecular weight is 438 g/mol. The largest absolute Gasteiger partial charge is 0.298 e. The molecule has 0 bridgehead atoms. The van der Waals surface area contributed by atoms with Gasteiger partial charge in [0.1, 0.15) is 0 Å². The molecule has 0 saturated heterocycles. The number of nitrogens with one attached hydrogen (secondary N) is 1. The van der Waals surface area contributed by atoms with Crippen LogP contribution >= 0.6 is 11.3 Å². The van der Waals surface area contributed by atoms with Gasteiger partial charge in [0.2, 0.25) is 10.0 Å². The van der Waals surface area contributed by atoms with Crippen molar-refractivity contribution in [1.29, 1.82) is 0 Å². The van der Waals surface area contributed by atoms with Crippen LogP contribution in [0.4, 0.5) is 5.13 Å². The molecule has 8 heteroatoms. The first-order valence-electron chi connectivity index (χ1n) is 9.14. The van der Waals surface area contributed by atoms with Crippen molar-refractivity contribution in [3.8, 4) is 11.1 Å². The van der Waals surface area contributed by atoms with E-state index in [-0.39, 0.29) is 10.8 Å². The van der Waals surface area contributed by atoms with Crippen molar-refractivity contribution in [2.75, 3.05) is 19.4 Å². The standard InChI is InChI=1S/C22H19N3O3S2/c1-25(2)30(27,28)18-12-13-19-20(14-18)29-22(23-19)24-21(26)17-10-8-16(9-11-17)15-6-4-3-5-7-15/h3-14H,1-2H3,(H,23,24,26). The first-order chi connectivity index (χ1) is 14.3. The van der Waals surface area contributed by atoms with Crippen LogP contribution in [-0.4, -0.2) is 37.7 Å². The normalized spacial score (nSPS) is 11.7. The Labute approximate surface area is 178 Å². The van der Waals surface area contributed by atoms with E-state index in [1.165, 1.54) is 31.5 Å². The molecule has 30 heavy (non-hydrogen) atoms. The number of hydrogen-bond donors (Lipinski definition) is 1. The molecule has 0 radical (unpaired) electrons. The summed E-state index contributed by atoms with van der Waals surface area (Å²) in [5.74, 6) is -0.269.